The third kappa shape index (κ3) is 8.63. The van der Waals surface area contributed by atoms with Gasteiger partial charge in [-0.25, -0.2) is 0 Å². The molecule has 0 nitrogen and oxygen atoms in total. The van der Waals surface area contributed by atoms with E-state index < -0.39 is 28.9 Å². The summed E-state index contributed by atoms with van der Waals surface area (Å²) in [5, 5.41) is 1.65. The van der Waals surface area contributed by atoms with Crippen LogP contribution >= 0.6 is 17.0 Å². The summed E-state index contributed by atoms with van der Waals surface area (Å²) < 4.78 is 0. The summed E-state index contributed by atoms with van der Waals surface area (Å²) in [7, 11) is 8.72. The van der Waals surface area contributed by atoms with Crippen LogP contribution in [-0.4, -0.2) is 8.07 Å². The Bertz CT molecular complexity index is 547. The van der Waals surface area contributed by atoms with Gasteiger partial charge in [-0.1, -0.05) is 105 Å². The zero-order valence-electron chi connectivity index (χ0n) is 18.1. The van der Waals surface area contributed by atoms with E-state index in [1.807, 2.05) is 0 Å². The molecule has 0 aromatic heterocycles. The fourth-order valence-corrected chi connectivity index (χ4v) is 8.03. The molecule has 4 heteroatoms. The molecule has 156 valence electrons. The Morgan fingerprint density at radius 2 is 1.25 bits per heavy atom. The van der Waals surface area contributed by atoms with Gasteiger partial charge in [0.25, 0.3) is 0 Å². The molecule has 0 heterocycles. The topological polar surface area (TPSA) is 0 Å². The summed E-state index contributed by atoms with van der Waals surface area (Å²) in [6.45, 7) is 5.08. The molecule has 3 aliphatic carbocycles. The summed E-state index contributed by atoms with van der Waals surface area (Å²) in [6.07, 6.45) is 19.3. The van der Waals surface area contributed by atoms with Gasteiger partial charge in [-0.15, -0.1) is 0 Å². The maximum absolute atomic E-state index is 4.93. The van der Waals surface area contributed by atoms with Crippen LogP contribution in [0.4, 0.5) is 0 Å². The van der Waals surface area contributed by atoms with Crippen LogP contribution in [0.3, 0.4) is 0 Å². The molecule has 0 radical (unpaired) electrons. The SMILES string of the molecule is C1=CC2CCCC2C=C1.C[Si](C)(c1ccccc1)C1CCCC1.[CH3-].[CH3-].[Cl][Zr+2][Cl]. The molecule has 4 rings (SSSR count). The first-order chi connectivity index (χ1) is 12.6. The van der Waals surface area contributed by atoms with Gasteiger partial charge >= 0.3 is 37.9 Å². The van der Waals surface area contributed by atoms with Crippen molar-refractivity contribution >= 4 is 30.3 Å². The van der Waals surface area contributed by atoms with E-state index in [0.29, 0.717) is 0 Å². The van der Waals surface area contributed by atoms with Gasteiger partial charge in [-0.05, 0) is 30.2 Å². The third-order valence-corrected chi connectivity index (χ3v) is 10.8. The van der Waals surface area contributed by atoms with Crippen LogP contribution in [0, 0.1) is 26.7 Å². The standard InChI is InChI=1S/C13H20Si.C9H12.2CH3.2ClH.Zr/c1-14(2,13-10-6-7-11-13)12-8-4-3-5-9-12;1-2-5-9-7-3-6-8(9)4-1;;;;;/h3-5,8-9,13H,6-7,10-11H2,1-2H3;1-2,4-5,8-9H,3,6-7H2;2*1H3;2*1H;/q;;2*-1;;;+4/p-2. The Morgan fingerprint density at radius 3 is 1.71 bits per heavy atom. The van der Waals surface area contributed by atoms with E-state index in [1.165, 1.54) is 44.9 Å². The van der Waals surface area contributed by atoms with E-state index in [9.17, 15) is 0 Å². The van der Waals surface area contributed by atoms with Crippen LogP contribution in [0.5, 0.6) is 0 Å². The van der Waals surface area contributed by atoms with Crippen LogP contribution < -0.4 is 5.19 Å². The van der Waals surface area contributed by atoms with Crippen molar-refractivity contribution in [3.63, 3.8) is 0 Å². The Kier molecular flexibility index (Phi) is 15.4. The minimum atomic E-state index is -1.15. The molecule has 1 aromatic rings. The van der Waals surface area contributed by atoms with Gasteiger partial charge in [0.15, 0.2) is 0 Å². The van der Waals surface area contributed by atoms with Crippen LogP contribution in [0.1, 0.15) is 44.9 Å². The van der Waals surface area contributed by atoms with E-state index in [0.717, 1.165) is 17.4 Å². The first-order valence-corrected chi connectivity index (χ1v) is 19.4. The molecule has 28 heavy (non-hydrogen) atoms. The first kappa shape index (κ1) is 28.4. The van der Waals surface area contributed by atoms with Gasteiger partial charge in [0.2, 0.25) is 0 Å². The van der Waals surface area contributed by atoms with E-state index in [1.54, 1.807) is 5.19 Å². The second kappa shape index (κ2) is 15.2. The quantitative estimate of drug-likeness (QED) is 0.274. The Balaban J connectivity index is 0.000000453. The third-order valence-electron chi connectivity index (χ3n) is 6.35. The van der Waals surface area contributed by atoms with Gasteiger partial charge in [0, 0.05) is 0 Å². The molecule has 2 unspecified atom stereocenters. The molecule has 0 spiro atoms. The summed E-state index contributed by atoms with van der Waals surface area (Å²) in [5.41, 5.74) is 1.03. The van der Waals surface area contributed by atoms with Crippen molar-refractivity contribution in [1.82, 2.24) is 0 Å². The van der Waals surface area contributed by atoms with E-state index in [4.69, 9.17) is 17.0 Å². The average Bonchev–Trinajstić information content (AvgIpc) is 3.36. The van der Waals surface area contributed by atoms with Gasteiger partial charge in [-0.3, -0.25) is 0 Å². The molecular formula is C24H38Cl2SiZr. The van der Waals surface area contributed by atoms with Crippen molar-refractivity contribution in [3.8, 4) is 0 Å². The normalized spacial score (nSPS) is 22.3. The number of fused-ring (bicyclic) bond motifs is 1. The second-order valence-corrected chi connectivity index (χ2v) is 16.7. The Hall–Kier alpha value is 0.380. The second-order valence-electron chi connectivity index (χ2n) is 8.17. The minimum absolute atomic E-state index is 0. The van der Waals surface area contributed by atoms with Gasteiger partial charge in [-0.2, -0.15) is 0 Å². The fourth-order valence-electron chi connectivity index (χ4n) is 4.66. The molecule has 0 saturated heterocycles. The summed E-state index contributed by atoms with van der Waals surface area (Å²) in [5.74, 6) is 1.80. The maximum atomic E-state index is 4.93. The van der Waals surface area contributed by atoms with Crippen LogP contribution in [0.15, 0.2) is 54.6 Å². The number of rotatable bonds is 2. The molecule has 2 saturated carbocycles. The molecule has 0 N–H and O–H groups in total. The van der Waals surface area contributed by atoms with Gasteiger partial charge in [0.05, 0.1) is 8.07 Å². The summed E-state index contributed by atoms with van der Waals surface area (Å²) in [4.78, 5) is 0. The van der Waals surface area contributed by atoms with Gasteiger partial charge < -0.3 is 14.9 Å². The number of hydrogen-bond acceptors (Lipinski definition) is 0. The molecular weight excluding hydrogens is 478 g/mol. The predicted molar refractivity (Wildman–Crippen MR) is 129 cm³/mol. The van der Waals surface area contributed by atoms with Crippen molar-refractivity contribution in [3.05, 3.63) is 69.5 Å². The Labute approximate surface area is 194 Å². The number of hydrogen-bond donors (Lipinski definition) is 0. The number of benzene rings is 1. The van der Waals surface area contributed by atoms with Crippen molar-refractivity contribution < 1.29 is 20.8 Å². The number of halogens is 2. The predicted octanol–water partition coefficient (Wildman–Crippen LogP) is 8.35. The summed E-state index contributed by atoms with van der Waals surface area (Å²) in [6, 6.07) is 11.2. The Morgan fingerprint density at radius 1 is 0.786 bits per heavy atom. The molecule has 0 aliphatic heterocycles. The van der Waals surface area contributed by atoms with E-state index >= 15 is 0 Å². The van der Waals surface area contributed by atoms with Gasteiger partial charge in [0.1, 0.15) is 0 Å². The molecule has 2 atom stereocenters. The van der Waals surface area contributed by atoms with E-state index in [-0.39, 0.29) is 14.9 Å². The molecule has 1 aromatic carbocycles. The van der Waals surface area contributed by atoms with Crippen molar-refractivity contribution in [2.45, 2.75) is 63.6 Å². The fraction of sp³-hybridized carbons (Fsp3) is 0.500. The molecule has 0 bridgehead atoms. The summed E-state index contributed by atoms with van der Waals surface area (Å²) >= 11 is -0.826. The van der Waals surface area contributed by atoms with Crippen LogP contribution in [0.25, 0.3) is 0 Å². The van der Waals surface area contributed by atoms with Crippen LogP contribution in [0.2, 0.25) is 18.6 Å². The molecule has 0 amide bonds. The van der Waals surface area contributed by atoms with Crippen LogP contribution in [-0.2, 0) is 20.8 Å². The number of allylic oxidation sites excluding steroid dienone is 4. The van der Waals surface area contributed by atoms with Crippen molar-refractivity contribution in [1.29, 1.82) is 0 Å². The first-order valence-electron chi connectivity index (χ1n) is 9.96. The van der Waals surface area contributed by atoms with Crippen molar-refractivity contribution in [2.75, 3.05) is 0 Å². The molecule has 2 fully saturated rings. The monoisotopic (exact) mass is 514 g/mol. The zero-order chi connectivity index (χ0) is 18.8. The van der Waals surface area contributed by atoms with Crippen molar-refractivity contribution in [2.24, 2.45) is 11.8 Å². The average molecular weight is 517 g/mol. The zero-order valence-corrected chi connectivity index (χ0v) is 23.1. The van der Waals surface area contributed by atoms with E-state index in [2.05, 4.69) is 67.7 Å². The molecule has 3 aliphatic rings.